The maximum atomic E-state index is 2.54. The molecule has 1 nitrogen and oxygen atoms in total. The van der Waals surface area contributed by atoms with E-state index in [0.717, 1.165) is 12.8 Å². The molecule has 0 saturated heterocycles. The van der Waals surface area contributed by atoms with E-state index >= 15 is 0 Å². The molecule has 0 spiro atoms. The number of rotatable bonds is 2. The molecule has 1 aliphatic carbocycles. The average Bonchev–Trinajstić information content (AvgIpc) is 3.59. The number of fused-ring (bicyclic) bond motifs is 12. The van der Waals surface area contributed by atoms with E-state index in [1.165, 1.54) is 86.3 Å². The second-order valence-electron chi connectivity index (χ2n) is 12.4. The summed E-state index contributed by atoms with van der Waals surface area (Å²) >= 11 is 1.93. The minimum absolute atomic E-state index is 0.326. The van der Waals surface area contributed by atoms with Gasteiger partial charge < -0.3 is 4.57 Å². The van der Waals surface area contributed by atoms with Crippen LogP contribution in [0.5, 0.6) is 0 Å². The molecule has 45 heavy (non-hydrogen) atoms. The molecule has 0 bridgehead atoms. The Balaban J connectivity index is 1.35. The van der Waals surface area contributed by atoms with Gasteiger partial charge in [0, 0.05) is 42.6 Å². The van der Waals surface area contributed by atoms with E-state index in [-0.39, 0.29) is 0 Å². The third-order valence-corrected chi connectivity index (χ3v) is 11.1. The highest BCUT2D eigenvalue weighted by Gasteiger charge is 2.28. The lowest BCUT2D eigenvalue weighted by Crippen LogP contribution is -2.02. The van der Waals surface area contributed by atoms with Crippen molar-refractivity contribution in [1.29, 1.82) is 0 Å². The smallest absolute Gasteiger partial charge is 0.0547 e. The first-order valence-electron chi connectivity index (χ1n) is 15.9. The summed E-state index contributed by atoms with van der Waals surface area (Å²) in [7, 11) is 0. The summed E-state index contributed by atoms with van der Waals surface area (Å²) in [6.07, 6.45) is 2.13. The van der Waals surface area contributed by atoms with Crippen LogP contribution in [0.4, 0.5) is 0 Å². The molecule has 2 heterocycles. The molecule has 1 unspecified atom stereocenters. The number of hydrogen-bond acceptors (Lipinski definition) is 1. The Morgan fingerprint density at radius 3 is 2.18 bits per heavy atom. The van der Waals surface area contributed by atoms with Crippen molar-refractivity contribution in [2.75, 3.05) is 0 Å². The average molecular weight is 592 g/mol. The van der Waals surface area contributed by atoms with Gasteiger partial charge in [-0.25, -0.2) is 0 Å². The number of nitrogens with zero attached hydrogens (tertiary/aromatic N) is 1. The van der Waals surface area contributed by atoms with Gasteiger partial charge in [-0.3, -0.25) is 0 Å². The van der Waals surface area contributed by atoms with Crippen LogP contribution in [0.25, 0.3) is 69.6 Å². The summed E-state index contributed by atoms with van der Waals surface area (Å²) in [4.78, 5) is 0. The second kappa shape index (κ2) is 9.66. The van der Waals surface area contributed by atoms with Crippen molar-refractivity contribution >= 4 is 64.1 Å². The van der Waals surface area contributed by atoms with E-state index in [9.17, 15) is 0 Å². The molecule has 1 atom stereocenters. The molecule has 0 radical (unpaired) electrons. The summed E-state index contributed by atoms with van der Waals surface area (Å²) in [5.74, 6) is 0.326. The van der Waals surface area contributed by atoms with Crippen molar-refractivity contribution in [2.24, 2.45) is 0 Å². The monoisotopic (exact) mass is 591 g/mol. The van der Waals surface area contributed by atoms with Gasteiger partial charge in [0.25, 0.3) is 0 Å². The highest BCUT2D eigenvalue weighted by atomic mass is 32.1. The number of aromatic nitrogens is 1. The van der Waals surface area contributed by atoms with Crippen LogP contribution in [0.1, 0.15) is 29.0 Å². The summed E-state index contributed by atoms with van der Waals surface area (Å²) in [5.41, 5.74) is 10.8. The van der Waals surface area contributed by atoms with Crippen molar-refractivity contribution in [3.63, 3.8) is 0 Å². The van der Waals surface area contributed by atoms with Gasteiger partial charge in [-0.05, 0) is 93.9 Å². The van der Waals surface area contributed by atoms with Gasteiger partial charge in [0.1, 0.15) is 0 Å². The molecule has 0 saturated carbocycles. The van der Waals surface area contributed by atoms with E-state index in [1.807, 2.05) is 11.3 Å². The van der Waals surface area contributed by atoms with Gasteiger partial charge >= 0.3 is 0 Å². The SMILES string of the molecule is c1ccc(C2CCc3cc4c(cc3-c3c2ccc2c3c3ccccc3n2-c2ccccc2)sc2ccc3ccccc3c24)cc1. The summed E-state index contributed by atoms with van der Waals surface area (Å²) in [6.45, 7) is 0. The molecule has 2 heteroatoms. The molecule has 0 aliphatic heterocycles. The van der Waals surface area contributed by atoms with Crippen molar-refractivity contribution < 1.29 is 0 Å². The Labute approximate surface area is 265 Å². The molecule has 7 aromatic carbocycles. The van der Waals surface area contributed by atoms with Crippen LogP contribution in [-0.4, -0.2) is 4.57 Å². The van der Waals surface area contributed by atoms with Crippen LogP contribution < -0.4 is 0 Å². The fraction of sp³-hybridized carbons (Fsp3) is 0.0698. The third kappa shape index (κ3) is 3.67. The first kappa shape index (κ1) is 25.2. The number of hydrogen-bond donors (Lipinski definition) is 0. The van der Waals surface area contributed by atoms with Crippen LogP contribution in [-0.2, 0) is 6.42 Å². The van der Waals surface area contributed by atoms with Gasteiger partial charge in [-0.2, -0.15) is 0 Å². The maximum Gasteiger partial charge on any atom is 0.0547 e. The van der Waals surface area contributed by atoms with E-state index in [2.05, 4.69) is 150 Å². The highest BCUT2D eigenvalue weighted by Crippen LogP contribution is 2.50. The minimum Gasteiger partial charge on any atom is -0.309 e. The Kier molecular flexibility index (Phi) is 5.40. The van der Waals surface area contributed by atoms with Crippen LogP contribution in [0, 0.1) is 0 Å². The molecule has 10 rings (SSSR count). The lowest BCUT2D eigenvalue weighted by Gasteiger charge is -2.20. The topological polar surface area (TPSA) is 4.93 Å². The lowest BCUT2D eigenvalue weighted by molar-refractivity contribution is 0.726. The molecule has 0 amide bonds. The first-order chi connectivity index (χ1) is 22.3. The van der Waals surface area contributed by atoms with E-state index in [4.69, 9.17) is 0 Å². The molecular formula is C43H29NS. The van der Waals surface area contributed by atoms with Crippen LogP contribution in [0.2, 0.25) is 0 Å². The zero-order valence-corrected chi connectivity index (χ0v) is 25.5. The maximum absolute atomic E-state index is 2.54. The fourth-order valence-corrected chi connectivity index (χ4v) is 9.22. The van der Waals surface area contributed by atoms with Gasteiger partial charge in [0.05, 0.1) is 11.0 Å². The van der Waals surface area contributed by atoms with Gasteiger partial charge in [-0.1, -0.05) is 103 Å². The van der Waals surface area contributed by atoms with Gasteiger partial charge in [0.15, 0.2) is 0 Å². The molecule has 0 fully saturated rings. The standard InChI is InChI=1S/C43H29NS/c1-3-11-27(12-4-1)31-21-19-29-25-36-40(45-39-24-20-28-13-7-8-16-32(28)41(36)39)26-35(29)42-33(31)22-23-38-43(42)34-17-9-10-18-37(34)44(38)30-14-5-2-6-15-30/h1-18,20,22-26,31H,19,21H2. The van der Waals surface area contributed by atoms with Crippen molar-refractivity contribution in [2.45, 2.75) is 18.8 Å². The second-order valence-corrected chi connectivity index (χ2v) is 13.5. The molecule has 9 aromatic rings. The lowest BCUT2D eigenvalue weighted by atomic mass is 9.84. The normalized spacial score (nSPS) is 14.7. The molecule has 212 valence electrons. The van der Waals surface area contributed by atoms with Crippen LogP contribution in [0.3, 0.4) is 0 Å². The Morgan fingerprint density at radius 1 is 0.556 bits per heavy atom. The van der Waals surface area contributed by atoms with Crippen LogP contribution in [0.15, 0.2) is 146 Å². The van der Waals surface area contributed by atoms with Gasteiger partial charge in [0.2, 0.25) is 0 Å². The zero-order valence-electron chi connectivity index (χ0n) is 24.7. The minimum atomic E-state index is 0.326. The Hall–Kier alpha value is -5.18. The first-order valence-corrected chi connectivity index (χ1v) is 16.7. The number of benzene rings is 7. The fourth-order valence-electron chi connectivity index (χ4n) is 8.08. The predicted molar refractivity (Wildman–Crippen MR) is 193 cm³/mol. The Morgan fingerprint density at radius 2 is 1.31 bits per heavy atom. The summed E-state index contributed by atoms with van der Waals surface area (Å²) in [5, 5.41) is 8.13. The Bertz CT molecular complexity index is 2590. The van der Waals surface area contributed by atoms with Crippen molar-refractivity contribution in [3.05, 3.63) is 162 Å². The zero-order chi connectivity index (χ0) is 29.5. The van der Waals surface area contributed by atoms with E-state index < -0.39 is 0 Å². The number of para-hydroxylation sites is 2. The predicted octanol–water partition coefficient (Wildman–Crippen LogP) is 12.0. The largest absolute Gasteiger partial charge is 0.309 e. The summed E-state index contributed by atoms with van der Waals surface area (Å²) < 4.78 is 5.19. The molecular weight excluding hydrogens is 563 g/mol. The molecule has 0 N–H and O–H groups in total. The van der Waals surface area contributed by atoms with Crippen LogP contribution >= 0.6 is 11.3 Å². The van der Waals surface area contributed by atoms with E-state index in [1.54, 1.807) is 0 Å². The quantitative estimate of drug-likeness (QED) is 0.188. The highest BCUT2D eigenvalue weighted by molar-refractivity contribution is 7.26. The van der Waals surface area contributed by atoms with Crippen molar-refractivity contribution in [1.82, 2.24) is 4.57 Å². The molecule has 2 aromatic heterocycles. The van der Waals surface area contributed by atoms with E-state index in [0.29, 0.717) is 5.92 Å². The molecule has 1 aliphatic rings. The number of thiophene rings is 1. The van der Waals surface area contributed by atoms with Gasteiger partial charge in [-0.15, -0.1) is 11.3 Å². The third-order valence-electron chi connectivity index (χ3n) is 10.0. The van der Waals surface area contributed by atoms with Crippen molar-refractivity contribution in [3.8, 4) is 16.8 Å². The number of aryl methyl sites for hydroxylation is 1. The summed E-state index contributed by atoms with van der Waals surface area (Å²) in [6, 6.07) is 54.3.